The molecule has 1 aromatic rings. The molecule has 0 aliphatic carbocycles. The fraction of sp³-hybridized carbons (Fsp3) is 0.429. The van der Waals surface area contributed by atoms with Crippen molar-refractivity contribution < 1.29 is 23.2 Å². The maximum absolute atomic E-state index is 12.9. The first kappa shape index (κ1) is 17.8. The summed E-state index contributed by atoms with van der Waals surface area (Å²) in [6.07, 6.45) is 0.708. The van der Waals surface area contributed by atoms with Gasteiger partial charge >= 0.3 is 5.97 Å². The Hall–Kier alpha value is -2.51. The molecule has 1 aliphatic rings. The number of carboxylic acid groups (broad SMARTS) is 1. The number of hydrogen-bond acceptors (Lipinski definition) is 6. The molecule has 1 fully saturated rings. The van der Waals surface area contributed by atoms with Crippen LogP contribution in [0.4, 0.5) is 5.69 Å². The first-order valence-electron chi connectivity index (χ1n) is 7.14. The van der Waals surface area contributed by atoms with Gasteiger partial charge in [-0.25, -0.2) is 8.42 Å². The van der Waals surface area contributed by atoms with Gasteiger partial charge in [-0.2, -0.15) is 9.57 Å². The van der Waals surface area contributed by atoms with Crippen molar-refractivity contribution in [2.75, 3.05) is 6.54 Å². The Morgan fingerprint density at radius 1 is 1.50 bits per heavy atom. The highest BCUT2D eigenvalue weighted by atomic mass is 32.2. The number of nitro benzene ring substituents is 1. The normalized spacial score (nSPS) is 21.8. The predicted molar refractivity (Wildman–Crippen MR) is 81.5 cm³/mol. The number of piperidine rings is 1. The van der Waals surface area contributed by atoms with Crippen LogP contribution in [0.15, 0.2) is 23.1 Å². The number of sulfonamides is 1. The van der Waals surface area contributed by atoms with Gasteiger partial charge in [-0.15, -0.1) is 0 Å². The molecule has 128 valence electrons. The average Bonchev–Trinajstić information content (AvgIpc) is 2.53. The van der Waals surface area contributed by atoms with Crippen molar-refractivity contribution in [3.63, 3.8) is 0 Å². The molecule has 0 aromatic heterocycles. The number of nitro groups is 1. The number of rotatable bonds is 4. The van der Waals surface area contributed by atoms with Crippen LogP contribution in [-0.2, 0) is 14.8 Å². The summed E-state index contributed by atoms with van der Waals surface area (Å²) >= 11 is 0. The largest absolute Gasteiger partial charge is 0.481 e. The summed E-state index contributed by atoms with van der Waals surface area (Å²) in [6, 6.07) is 4.13. The van der Waals surface area contributed by atoms with Crippen molar-refractivity contribution in [1.29, 1.82) is 5.26 Å². The molecule has 1 saturated heterocycles. The highest BCUT2D eigenvalue weighted by Crippen LogP contribution is 2.32. The summed E-state index contributed by atoms with van der Waals surface area (Å²) in [7, 11) is -4.23. The highest BCUT2D eigenvalue weighted by Gasteiger charge is 2.41. The van der Waals surface area contributed by atoms with Gasteiger partial charge in [0.1, 0.15) is 16.5 Å². The average molecular weight is 353 g/mol. The summed E-state index contributed by atoms with van der Waals surface area (Å²) in [5, 5.41) is 29.4. The summed E-state index contributed by atoms with van der Waals surface area (Å²) in [5.74, 6) is -1.96. The molecule has 2 atom stereocenters. The van der Waals surface area contributed by atoms with E-state index in [1.54, 1.807) is 6.07 Å². The Morgan fingerprint density at radius 2 is 2.17 bits per heavy atom. The molecule has 10 heteroatoms. The van der Waals surface area contributed by atoms with Crippen molar-refractivity contribution in [1.82, 2.24) is 4.31 Å². The number of benzene rings is 1. The minimum Gasteiger partial charge on any atom is -0.481 e. The monoisotopic (exact) mass is 353 g/mol. The van der Waals surface area contributed by atoms with Crippen LogP contribution >= 0.6 is 0 Å². The van der Waals surface area contributed by atoms with Crippen LogP contribution in [0.25, 0.3) is 0 Å². The molecular formula is C14H15N3O6S. The van der Waals surface area contributed by atoms with Crippen molar-refractivity contribution in [2.45, 2.75) is 30.7 Å². The topological polar surface area (TPSA) is 142 Å². The van der Waals surface area contributed by atoms with Crippen LogP contribution in [0.2, 0.25) is 0 Å². The van der Waals surface area contributed by atoms with Gasteiger partial charge in [-0.1, -0.05) is 6.07 Å². The van der Waals surface area contributed by atoms with Gasteiger partial charge in [0, 0.05) is 18.7 Å². The number of hydrogen-bond donors (Lipinski definition) is 1. The van der Waals surface area contributed by atoms with Crippen molar-refractivity contribution >= 4 is 21.7 Å². The van der Waals surface area contributed by atoms with E-state index in [1.165, 1.54) is 13.0 Å². The van der Waals surface area contributed by atoms with Crippen molar-refractivity contribution in [3.05, 3.63) is 33.9 Å². The van der Waals surface area contributed by atoms with E-state index >= 15 is 0 Å². The number of carbonyl (C=O) groups is 1. The molecule has 2 rings (SSSR count). The van der Waals surface area contributed by atoms with Crippen LogP contribution in [0.1, 0.15) is 25.3 Å². The summed E-state index contributed by atoms with van der Waals surface area (Å²) in [5.41, 5.74) is -1.15. The smallest absolute Gasteiger partial charge is 0.308 e. The molecule has 0 unspecified atom stereocenters. The van der Waals surface area contributed by atoms with Gasteiger partial charge in [0.25, 0.3) is 5.69 Å². The SMILES string of the molecule is C[C@@H]1[C@H](C(=O)O)CCCN1S(=O)(=O)c1cccc([N+](=O)[O-])c1C#N. The fourth-order valence-electron chi connectivity index (χ4n) is 2.91. The molecule has 1 heterocycles. The van der Waals surface area contributed by atoms with Gasteiger partial charge in [-0.3, -0.25) is 14.9 Å². The van der Waals surface area contributed by atoms with Crippen LogP contribution in [0.5, 0.6) is 0 Å². The quantitative estimate of drug-likeness (QED) is 0.635. The number of nitrogens with zero attached hydrogens (tertiary/aromatic N) is 3. The van der Waals surface area contributed by atoms with E-state index in [-0.39, 0.29) is 6.54 Å². The van der Waals surface area contributed by atoms with Crippen molar-refractivity contribution in [2.24, 2.45) is 5.92 Å². The van der Waals surface area contributed by atoms with E-state index in [4.69, 9.17) is 0 Å². The van der Waals surface area contributed by atoms with Crippen molar-refractivity contribution in [3.8, 4) is 6.07 Å². The fourth-order valence-corrected chi connectivity index (χ4v) is 4.77. The van der Waals surface area contributed by atoms with E-state index in [0.717, 1.165) is 16.4 Å². The summed E-state index contributed by atoms with van der Waals surface area (Å²) < 4.78 is 26.8. The summed E-state index contributed by atoms with van der Waals surface area (Å²) in [4.78, 5) is 21.0. The second kappa shape index (κ2) is 6.54. The molecule has 0 spiro atoms. The third-order valence-electron chi connectivity index (χ3n) is 4.15. The minimum atomic E-state index is -4.23. The van der Waals surface area contributed by atoms with Crippen LogP contribution < -0.4 is 0 Å². The zero-order valence-electron chi connectivity index (χ0n) is 12.7. The Morgan fingerprint density at radius 3 is 2.71 bits per heavy atom. The van der Waals surface area contributed by atoms with E-state index in [1.807, 2.05) is 0 Å². The van der Waals surface area contributed by atoms with Crippen LogP contribution in [-0.4, -0.2) is 41.3 Å². The zero-order valence-corrected chi connectivity index (χ0v) is 13.6. The van der Waals surface area contributed by atoms with Gasteiger partial charge in [0.05, 0.1) is 10.8 Å². The molecule has 0 bridgehead atoms. The van der Waals surface area contributed by atoms with E-state index in [2.05, 4.69) is 0 Å². The second-order valence-corrected chi connectivity index (χ2v) is 7.32. The zero-order chi connectivity index (χ0) is 18.1. The number of aliphatic carboxylic acids is 1. The van der Waals surface area contributed by atoms with E-state index in [9.17, 15) is 33.7 Å². The first-order valence-corrected chi connectivity index (χ1v) is 8.58. The molecule has 24 heavy (non-hydrogen) atoms. The molecule has 0 amide bonds. The summed E-state index contributed by atoms with van der Waals surface area (Å²) in [6.45, 7) is 1.58. The van der Waals surface area contributed by atoms with Gasteiger partial charge in [-0.05, 0) is 25.8 Å². The molecular weight excluding hydrogens is 338 g/mol. The van der Waals surface area contributed by atoms with Gasteiger partial charge in [0.2, 0.25) is 10.0 Å². The molecule has 0 radical (unpaired) electrons. The molecule has 1 aliphatic heterocycles. The van der Waals surface area contributed by atoms with Gasteiger partial charge in [0.15, 0.2) is 0 Å². The van der Waals surface area contributed by atoms with Gasteiger partial charge < -0.3 is 5.11 Å². The molecule has 1 aromatic carbocycles. The van der Waals surface area contributed by atoms with E-state index in [0.29, 0.717) is 12.8 Å². The van der Waals surface area contributed by atoms with E-state index < -0.39 is 49.0 Å². The second-order valence-electron chi connectivity index (χ2n) is 5.46. The lowest BCUT2D eigenvalue weighted by Gasteiger charge is -2.36. The standard InChI is InChI=1S/C14H15N3O6S/c1-9-10(14(18)19)4-3-7-16(9)24(22,23)13-6-2-5-12(17(20)21)11(13)8-15/h2,5-6,9-10H,3-4,7H2,1H3,(H,18,19)/t9-,10-/m1/s1. The molecule has 1 N–H and O–H groups in total. The Labute approximate surface area is 138 Å². The predicted octanol–water partition coefficient (Wildman–Crippen LogP) is 1.34. The maximum atomic E-state index is 12.9. The molecule has 9 nitrogen and oxygen atoms in total. The Balaban J connectivity index is 2.56. The number of nitriles is 1. The minimum absolute atomic E-state index is 0.0981. The number of carboxylic acids is 1. The molecule has 0 saturated carbocycles. The first-order chi connectivity index (χ1) is 11.2. The third-order valence-corrected chi connectivity index (χ3v) is 6.18. The third kappa shape index (κ3) is 2.95. The van der Waals surface area contributed by atoms with Crippen LogP contribution in [0.3, 0.4) is 0 Å². The lowest BCUT2D eigenvalue weighted by atomic mass is 9.92. The maximum Gasteiger partial charge on any atom is 0.308 e. The lowest BCUT2D eigenvalue weighted by Crippen LogP contribution is -2.49. The highest BCUT2D eigenvalue weighted by molar-refractivity contribution is 7.89. The van der Waals surface area contributed by atoms with Crippen LogP contribution in [0, 0.1) is 27.4 Å². The lowest BCUT2D eigenvalue weighted by molar-refractivity contribution is -0.385. The Kier molecular flexibility index (Phi) is 4.86. The Bertz CT molecular complexity index is 829.